The van der Waals surface area contributed by atoms with Gasteiger partial charge in [-0.1, -0.05) is 30.8 Å². The lowest BCUT2D eigenvalue weighted by atomic mass is 9.90. The summed E-state index contributed by atoms with van der Waals surface area (Å²) in [4.78, 5) is 15.9. The van der Waals surface area contributed by atoms with Crippen LogP contribution in [0.3, 0.4) is 0 Å². The molecule has 3 aromatic carbocycles. The van der Waals surface area contributed by atoms with Gasteiger partial charge in [0.2, 0.25) is 0 Å². The number of anilines is 1. The average molecular weight is 480 g/mol. The van der Waals surface area contributed by atoms with Gasteiger partial charge in [0.15, 0.2) is 5.43 Å². The smallest absolute Gasteiger partial charge is 0.198 e. The summed E-state index contributed by atoms with van der Waals surface area (Å²) in [6, 6.07) is 14.2. The molecule has 1 saturated carbocycles. The highest BCUT2D eigenvalue weighted by molar-refractivity contribution is 5.95. The average Bonchev–Trinajstić information content (AvgIpc) is 3.73. The lowest BCUT2D eigenvalue weighted by Crippen LogP contribution is -2.32. The van der Waals surface area contributed by atoms with Crippen molar-refractivity contribution in [2.24, 2.45) is 5.92 Å². The van der Waals surface area contributed by atoms with Crippen molar-refractivity contribution in [3.8, 4) is 5.69 Å². The van der Waals surface area contributed by atoms with Gasteiger partial charge in [-0.2, -0.15) is 0 Å². The van der Waals surface area contributed by atoms with Crippen molar-refractivity contribution in [2.45, 2.75) is 38.5 Å². The molecule has 5 heteroatoms. The van der Waals surface area contributed by atoms with E-state index in [1.807, 2.05) is 12.3 Å². The Hall–Kier alpha value is -3.60. The van der Waals surface area contributed by atoms with Crippen LogP contribution >= 0.6 is 0 Å². The molecule has 3 heterocycles. The van der Waals surface area contributed by atoms with Gasteiger partial charge in [0, 0.05) is 49.2 Å². The van der Waals surface area contributed by atoms with Crippen LogP contribution in [0.5, 0.6) is 0 Å². The minimum Gasteiger partial charge on any atom is -0.385 e. The Morgan fingerprint density at radius 2 is 1.81 bits per heavy atom. The molecule has 4 aromatic rings. The molecule has 3 aliphatic rings. The van der Waals surface area contributed by atoms with E-state index in [-0.39, 0.29) is 11.2 Å². The predicted molar refractivity (Wildman–Crippen MR) is 146 cm³/mol. The molecular formula is C31H30FN3O. The van der Waals surface area contributed by atoms with Crippen molar-refractivity contribution in [3.63, 3.8) is 0 Å². The summed E-state index contributed by atoms with van der Waals surface area (Å²) in [6.45, 7) is 6.73. The van der Waals surface area contributed by atoms with Crippen molar-refractivity contribution in [2.75, 3.05) is 24.5 Å². The van der Waals surface area contributed by atoms with Crippen molar-refractivity contribution in [1.82, 2.24) is 9.88 Å². The van der Waals surface area contributed by atoms with E-state index >= 15 is 4.39 Å². The first-order chi connectivity index (χ1) is 17.6. The summed E-state index contributed by atoms with van der Waals surface area (Å²) in [7, 11) is 0. The Labute approximate surface area is 210 Å². The molecule has 2 aliphatic heterocycles. The maximum atomic E-state index is 15.9. The number of hydrogen-bond donors (Lipinski definition) is 1. The highest BCUT2D eigenvalue weighted by Crippen LogP contribution is 2.41. The van der Waals surface area contributed by atoms with Gasteiger partial charge in [-0.3, -0.25) is 4.79 Å². The molecule has 0 amide bonds. The topological polar surface area (TPSA) is 37.3 Å². The van der Waals surface area contributed by atoms with Crippen LogP contribution in [0, 0.1) is 11.7 Å². The summed E-state index contributed by atoms with van der Waals surface area (Å²) in [5.74, 6) is 0.368. The summed E-state index contributed by atoms with van der Waals surface area (Å²) in [6.07, 6.45) is 8.29. The molecule has 7 rings (SSSR count). The van der Waals surface area contributed by atoms with E-state index in [0.717, 1.165) is 60.2 Å². The van der Waals surface area contributed by atoms with Crippen LogP contribution in [0.15, 0.2) is 60.0 Å². The van der Waals surface area contributed by atoms with E-state index in [1.165, 1.54) is 30.7 Å². The maximum absolute atomic E-state index is 15.9. The van der Waals surface area contributed by atoms with Gasteiger partial charge < -0.3 is 14.8 Å². The fourth-order valence-electron chi connectivity index (χ4n) is 6.08. The Bertz CT molecular complexity index is 1610. The third kappa shape index (κ3) is 3.44. The first-order valence-corrected chi connectivity index (χ1v) is 13.2. The summed E-state index contributed by atoms with van der Waals surface area (Å²) in [5, 5.41) is 6.13. The minimum atomic E-state index is -0.291. The number of benzene rings is 3. The molecule has 1 aliphatic carbocycles. The quantitative estimate of drug-likeness (QED) is 0.329. The molecule has 182 valence electrons. The monoisotopic (exact) mass is 479 g/mol. The second-order valence-corrected chi connectivity index (χ2v) is 10.7. The zero-order chi connectivity index (χ0) is 24.4. The van der Waals surface area contributed by atoms with Gasteiger partial charge in [-0.25, -0.2) is 4.39 Å². The molecule has 0 radical (unpaired) electrons. The molecule has 0 unspecified atom stereocenters. The molecule has 0 bridgehead atoms. The third-order valence-electron chi connectivity index (χ3n) is 8.18. The number of rotatable bonds is 5. The first-order valence-electron chi connectivity index (χ1n) is 13.2. The van der Waals surface area contributed by atoms with Crippen LogP contribution in [0.4, 0.5) is 10.1 Å². The van der Waals surface area contributed by atoms with Crippen molar-refractivity contribution < 1.29 is 4.39 Å². The summed E-state index contributed by atoms with van der Waals surface area (Å²) < 4.78 is 18.0. The Morgan fingerprint density at radius 3 is 2.56 bits per heavy atom. The number of hydrogen-bond acceptors (Lipinski definition) is 3. The fourth-order valence-corrected chi connectivity index (χ4v) is 6.08. The Kier molecular flexibility index (Phi) is 4.95. The van der Waals surface area contributed by atoms with Crippen LogP contribution in [0.25, 0.3) is 33.1 Å². The van der Waals surface area contributed by atoms with Gasteiger partial charge in [0.25, 0.3) is 0 Å². The first kappa shape index (κ1) is 21.7. The standard InChI is InChI=1S/C31H30FN3O/c1-19(33-17-20-9-10-20)26-18-35-28-15-22-8-4-3-7-21(22)13-23(28)14-24-29(35)25(31(26)36)16-27(32)30(24)34-11-5-2-6-12-34/h3-4,7-8,13,15-16,18,20,33H,1-2,5-6,9-12,14,17H2. The summed E-state index contributed by atoms with van der Waals surface area (Å²) in [5.41, 5.74) is 5.62. The predicted octanol–water partition coefficient (Wildman–Crippen LogP) is 6.15. The van der Waals surface area contributed by atoms with Gasteiger partial charge in [-0.05, 0) is 72.6 Å². The molecule has 36 heavy (non-hydrogen) atoms. The fraction of sp³-hybridized carbons (Fsp3) is 0.323. The minimum absolute atomic E-state index is 0.149. The third-order valence-corrected chi connectivity index (χ3v) is 8.18. The number of pyridine rings is 1. The number of halogens is 1. The highest BCUT2D eigenvalue weighted by atomic mass is 19.1. The zero-order valence-electron chi connectivity index (χ0n) is 20.4. The van der Waals surface area contributed by atoms with Crippen LogP contribution in [-0.4, -0.2) is 24.2 Å². The van der Waals surface area contributed by atoms with Crippen LogP contribution in [0.2, 0.25) is 0 Å². The molecule has 4 nitrogen and oxygen atoms in total. The van der Waals surface area contributed by atoms with Crippen molar-refractivity contribution in [1.29, 1.82) is 0 Å². The van der Waals surface area contributed by atoms with Gasteiger partial charge in [0.05, 0.1) is 22.2 Å². The number of nitrogens with zero attached hydrogens (tertiary/aromatic N) is 2. The molecule has 1 N–H and O–H groups in total. The van der Waals surface area contributed by atoms with Crippen molar-refractivity contribution >= 4 is 33.1 Å². The normalized spacial score (nSPS) is 16.9. The van der Waals surface area contributed by atoms with Crippen molar-refractivity contribution in [3.05, 3.63) is 88.0 Å². The van der Waals surface area contributed by atoms with E-state index in [0.29, 0.717) is 34.7 Å². The van der Waals surface area contributed by atoms with E-state index < -0.39 is 0 Å². The Balaban J connectivity index is 1.50. The number of piperidine rings is 1. The molecule has 1 aromatic heterocycles. The van der Waals surface area contributed by atoms with Gasteiger partial charge in [-0.15, -0.1) is 0 Å². The molecule has 2 fully saturated rings. The number of fused-ring (bicyclic) bond motifs is 3. The Morgan fingerprint density at radius 1 is 1.06 bits per heavy atom. The van der Waals surface area contributed by atoms with E-state index in [2.05, 4.69) is 51.7 Å². The number of aromatic nitrogens is 1. The maximum Gasteiger partial charge on any atom is 0.198 e. The molecule has 0 spiro atoms. The van der Waals surface area contributed by atoms with E-state index in [1.54, 1.807) is 0 Å². The summed E-state index contributed by atoms with van der Waals surface area (Å²) >= 11 is 0. The van der Waals surface area contributed by atoms with E-state index in [9.17, 15) is 4.79 Å². The largest absolute Gasteiger partial charge is 0.385 e. The second-order valence-electron chi connectivity index (χ2n) is 10.7. The van der Waals surface area contributed by atoms with E-state index in [4.69, 9.17) is 0 Å². The second kappa shape index (κ2) is 8.22. The zero-order valence-corrected chi connectivity index (χ0v) is 20.4. The van der Waals surface area contributed by atoms with Gasteiger partial charge >= 0.3 is 0 Å². The molecular weight excluding hydrogens is 449 g/mol. The number of nitrogens with one attached hydrogen (secondary N) is 1. The van der Waals surface area contributed by atoms with Crippen LogP contribution in [-0.2, 0) is 6.42 Å². The molecule has 0 atom stereocenters. The van der Waals surface area contributed by atoms with Crippen LogP contribution in [0.1, 0.15) is 48.8 Å². The molecule has 1 saturated heterocycles. The lowest BCUT2D eigenvalue weighted by Gasteiger charge is -2.34. The van der Waals surface area contributed by atoms with Gasteiger partial charge in [0.1, 0.15) is 5.82 Å². The highest BCUT2D eigenvalue weighted by Gasteiger charge is 2.29. The van der Waals surface area contributed by atoms with Crippen LogP contribution < -0.4 is 15.6 Å². The lowest BCUT2D eigenvalue weighted by molar-refractivity contribution is 0.555. The SMILES string of the molecule is C=C(NCC1CC1)c1cn2c3c(c(N4CCCCC4)c(F)cc3c1=O)Cc1cc3ccccc3cc1-2.